The van der Waals surface area contributed by atoms with E-state index in [1.165, 1.54) is 0 Å². The molecule has 172 valence electrons. The smallest absolute Gasteiger partial charge is 0.405 e. The predicted molar refractivity (Wildman–Crippen MR) is 118 cm³/mol. The van der Waals surface area contributed by atoms with E-state index in [1.807, 2.05) is 30.3 Å². The summed E-state index contributed by atoms with van der Waals surface area (Å²) >= 11 is 0. The molecular formula is C23H30N4O5. The molecule has 0 aliphatic carbocycles. The first kappa shape index (κ1) is 24.8. The summed E-state index contributed by atoms with van der Waals surface area (Å²) in [5.41, 5.74) is 11.1. The summed E-state index contributed by atoms with van der Waals surface area (Å²) in [4.78, 5) is 40.2. The van der Waals surface area contributed by atoms with Gasteiger partial charge in [0, 0.05) is 18.3 Å². The van der Waals surface area contributed by atoms with E-state index in [9.17, 15) is 19.5 Å². The normalized spacial score (nSPS) is 14.1. The highest BCUT2D eigenvalue weighted by molar-refractivity contribution is 5.83. The van der Waals surface area contributed by atoms with Gasteiger partial charge in [-0.1, -0.05) is 30.3 Å². The Morgan fingerprint density at radius 3 is 2.19 bits per heavy atom. The van der Waals surface area contributed by atoms with Crippen molar-refractivity contribution in [1.29, 1.82) is 0 Å². The van der Waals surface area contributed by atoms with Crippen LogP contribution in [0.25, 0.3) is 0 Å². The van der Waals surface area contributed by atoms with Crippen molar-refractivity contribution in [2.24, 2.45) is 17.4 Å². The number of hydrogen-bond acceptors (Lipinski definition) is 6. The highest BCUT2D eigenvalue weighted by Crippen LogP contribution is 2.24. The number of nitrogens with two attached hydrogens (primary N) is 2. The molecule has 9 nitrogen and oxygen atoms in total. The Kier molecular flexibility index (Phi) is 8.71. The van der Waals surface area contributed by atoms with Gasteiger partial charge >= 0.3 is 6.09 Å². The monoisotopic (exact) mass is 442 g/mol. The molecule has 9 heteroatoms. The number of aliphatic hydroxyl groups excluding tert-OH is 1. The third-order valence-electron chi connectivity index (χ3n) is 5.02. The Morgan fingerprint density at radius 1 is 1.03 bits per heavy atom. The number of ether oxygens (including phenoxy) is 1. The number of hydrogen-bond donors (Lipinski definition) is 4. The summed E-state index contributed by atoms with van der Waals surface area (Å²) in [7, 11) is 0. The average Bonchev–Trinajstić information content (AvgIpc) is 2.72. The fraction of sp³-hybridized carbons (Fsp3) is 0.391. The molecule has 2 rings (SSSR count). The second kappa shape index (κ2) is 11.2. The van der Waals surface area contributed by atoms with Crippen LogP contribution in [0.1, 0.15) is 31.4 Å². The van der Waals surface area contributed by atoms with Gasteiger partial charge in [-0.15, -0.1) is 0 Å². The van der Waals surface area contributed by atoms with Crippen molar-refractivity contribution in [1.82, 2.24) is 10.3 Å². The van der Waals surface area contributed by atoms with Crippen LogP contribution in [0.3, 0.4) is 0 Å². The van der Waals surface area contributed by atoms with Crippen LogP contribution < -0.4 is 16.8 Å². The van der Waals surface area contributed by atoms with E-state index in [4.69, 9.17) is 16.2 Å². The Hall–Kier alpha value is -3.46. The second-order valence-electron chi connectivity index (χ2n) is 8.29. The van der Waals surface area contributed by atoms with Gasteiger partial charge in [0.25, 0.3) is 0 Å². The third kappa shape index (κ3) is 7.99. The summed E-state index contributed by atoms with van der Waals surface area (Å²) < 4.78 is 5.17. The van der Waals surface area contributed by atoms with E-state index in [1.54, 1.807) is 38.4 Å². The van der Waals surface area contributed by atoms with E-state index >= 15 is 0 Å². The van der Waals surface area contributed by atoms with Crippen molar-refractivity contribution in [2.45, 2.75) is 50.9 Å². The summed E-state index contributed by atoms with van der Waals surface area (Å²) in [6.07, 6.45) is 1.41. The summed E-state index contributed by atoms with van der Waals surface area (Å²) in [5.74, 6) is -2.00. The standard InChI is InChI=1S/C23H30N4O5/c1-23(2,32-22(25)31)14-17(12-16-8-10-26-11-9-16)21(30)27-18(19(28)20(24)29)13-15-6-4-3-5-7-15/h3-11,17-19,28H,12-14H2,1-2H3,(H2,24,29)(H2,25,31)(H,27,30). The van der Waals surface area contributed by atoms with E-state index in [-0.39, 0.29) is 12.8 Å². The number of primary amides is 2. The number of carbonyl (C=O) groups is 3. The largest absolute Gasteiger partial charge is 0.444 e. The first-order chi connectivity index (χ1) is 15.1. The number of benzene rings is 1. The van der Waals surface area contributed by atoms with Crippen molar-refractivity contribution < 1.29 is 24.2 Å². The molecular weight excluding hydrogens is 412 g/mol. The average molecular weight is 443 g/mol. The SMILES string of the molecule is CC(C)(CC(Cc1ccncc1)C(=O)NC(Cc1ccccc1)C(O)C(N)=O)OC(N)=O. The van der Waals surface area contributed by atoms with E-state index in [0.29, 0.717) is 6.42 Å². The minimum Gasteiger partial charge on any atom is -0.444 e. The van der Waals surface area contributed by atoms with Crippen LogP contribution >= 0.6 is 0 Å². The zero-order valence-electron chi connectivity index (χ0n) is 18.2. The lowest BCUT2D eigenvalue weighted by molar-refractivity contribution is -0.132. The first-order valence-electron chi connectivity index (χ1n) is 10.3. The molecule has 0 saturated heterocycles. The molecule has 1 heterocycles. The molecule has 0 bridgehead atoms. The molecule has 0 spiro atoms. The van der Waals surface area contributed by atoms with Gasteiger partial charge in [-0.3, -0.25) is 14.6 Å². The molecule has 0 aliphatic heterocycles. The molecule has 0 saturated carbocycles. The molecule has 1 aromatic carbocycles. The van der Waals surface area contributed by atoms with Crippen LogP contribution in [0.15, 0.2) is 54.9 Å². The van der Waals surface area contributed by atoms with Crippen LogP contribution in [-0.4, -0.2) is 45.7 Å². The fourth-order valence-electron chi connectivity index (χ4n) is 3.58. The van der Waals surface area contributed by atoms with Crippen molar-refractivity contribution in [3.63, 3.8) is 0 Å². The van der Waals surface area contributed by atoms with Gasteiger partial charge in [-0.2, -0.15) is 0 Å². The Bertz CT molecular complexity index is 905. The summed E-state index contributed by atoms with van der Waals surface area (Å²) in [6, 6.07) is 11.8. The number of rotatable bonds is 11. The number of amides is 3. The van der Waals surface area contributed by atoms with Gasteiger partial charge in [-0.25, -0.2) is 4.79 Å². The molecule has 0 fully saturated rings. The van der Waals surface area contributed by atoms with Crippen molar-refractivity contribution in [3.05, 3.63) is 66.0 Å². The molecule has 1 aromatic heterocycles. The fourth-order valence-corrected chi connectivity index (χ4v) is 3.58. The zero-order valence-corrected chi connectivity index (χ0v) is 18.2. The topological polar surface area (TPSA) is 158 Å². The van der Waals surface area contributed by atoms with Gasteiger partial charge in [-0.05, 0) is 56.4 Å². The quantitative estimate of drug-likeness (QED) is 0.408. The van der Waals surface area contributed by atoms with Crippen molar-refractivity contribution in [2.75, 3.05) is 0 Å². The third-order valence-corrected chi connectivity index (χ3v) is 5.02. The zero-order chi connectivity index (χ0) is 23.7. The second-order valence-corrected chi connectivity index (χ2v) is 8.29. The number of aliphatic hydroxyl groups is 1. The first-order valence-corrected chi connectivity index (χ1v) is 10.3. The highest BCUT2D eigenvalue weighted by atomic mass is 16.6. The maximum atomic E-state index is 13.3. The Labute approximate surface area is 187 Å². The van der Waals surface area contributed by atoms with E-state index in [0.717, 1.165) is 11.1 Å². The number of carbonyl (C=O) groups excluding carboxylic acids is 3. The van der Waals surface area contributed by atoms with Gasteiger partial charge in [0.2, 0.25) is 11.8 Å². The van der Waals surface area contributed by atoms with Gasteiger partial charge in [0.15, 0.2) is 6.10 Å². The molecule has 3 amide bonds. The maximum Gasteiger partial charge on any atom is 0.405 e. The predicted octanol–water partition coefficient (Wildman–Crippen LogP) is 1.08. The molecule has 6 N–H and O–H groups in total. The van der Waals surface area contributed by atoms with Crippen LogP contribution in [0, 0.1) is 5.92 Å². The number of pyridine rings is 1. The van der Waals surface area contributed by atoms with Crippen LogP contribution in [0.2, 0.25) is 0 Å². The number of nitrogens with one attached hydrogen (secondary N) is 1. The minimum atomic E-state index is -1.57. The lowest BCUT2D eigenvalue weighted by atomic mass is 9.87. The highest BCUT2D eigenvalue weighted by Gasteiger charge is 2.34. The lowest BCUT2D eigenvalue weighted by Gasteiger charge is -2.30. The summed E-state index contributed by atoms with van der Waals surface area (Å²) in [6.45, 7) is 3.31. The molecule has 32 heavy (non-hydrogen) atoms. The van der Waals surface area contributed by atoms with Gasteiger partial charge in [0.05, 0.1) is 6.04 Å². The van der Waals surface area contributed by atoms with Crippen LogP contribution in [-0.2, 0) is 27.2 Å². The lowest BCUT2D eigenvalue weighted by Crippen LogP contribution is -2.52. The molecule has 3 unspecified atom stereocenters. The Balaban J connectivity index is 2.25. The minimum absolute atomic E-state index is 0.162. The molecule has 0 radical (unpaired) electrons. The molecule has 3 atom stereocenters. The van der Waals surface area contributed by atoms with E-state index in [2.05, 4.69) is 10.3 Å². The Morgan fingerprint density at radius 2 is 1.62 bits per heavy atom. The van der Waals surface area contributed by atoms with Gasteiger partial charge < -0.3 is 26.6 Å². The van der Waals surface area contributed by atoms with Gasteiger partial charge in [0.1, 0.15) is 5.60 Å². The van der Waals surface area contributed by atoms with Crippen molar-refractivity contribution in [3.8, 4) is 0 Å². The molecule has 0 aliphatic rings. The van der Waals surface area contributed by atoms with Crippen LogP contribution in [0.4, 0.5) is 4.79 Å². The van der Waals surface area contributed by atoms with Crippen molar-refractivity contribution >= 4 is 17.9 Å². The summed E-state index contributed by atoms with van der Waals surface area (Å²) in [5, 5.41) is 13.1. The molecule has 2 aromatic rings. The number of aromatic nitrogens is 1. The van der Waals surface area contributed by atoms with Crippen LogP contribution in [0.5, 0.6) is 0 Å². The maximum absolute atomic E-state index is 13.3. The van der Waals surface area contributed by atoms with E-state index < -0.39 is 41.6 Å². The number of nitrogens with zero attached hydrogens (tertiary/aromatic N) is 1.